The van der Waals surface area contributed by atoms with Gasteiger partial charge in [-0.3, -0.25) is 14.2 Å². The highest BCUT2D eigenvalue weighted by molar-refractivity contribution is 5.91. The lowest BCUT2D eigenvalue weighted by Gasteiger charge is -2.10. The smallest absolute Gasteiger partial charge is 0.265 e. The maximum Gasteiger partial charge on any atom is 0.265 e. The maximum absolute atomic E-state index is 12.6. The van der Waals surface area contributed by atoms with E-state index in [1.165, 1.54) is 25.1 Å². The summed E-state index contributed by atoms with van der Waals surface area (Å²) in [4.78, 5) is 29.1. The first-order chi connectivity index (χ1) is 12.4. The molecule has 0 bridgehead atoms. The molecule has 8 nitrogen and oxygen atoms in total. The van der Waals surface area contributed by atoms with Crippen LogP contribution in [0.1, 0.15) is 11.3 Å². The lowest BCUT2D eigenvalue weighted by Crippen LogP contribution is -2.27. The van der Waals surface area contributed by atoms with Crippen LogP contribution in [0.2, 0.25) is 0 Å². The summed E-state index contributed by atoms with van der Waals surface area (Å²) < 4.78 is 17.0. The van der Waals surface area contributed by atoms with Crippen molar-refractivity contribution in [3.8, 4) is 11.5 Å². The van der Waals surface area contributed by atoms with Gasteiger partial charge in [0.25, 0.3) is 5.56 Å². The van der Waals surface area contributed by atoms with Gasteiger partial charge in [-0.05, 0) is 13.8 Å². The Hall–Kier alpha value is -3.29. The van der Waals surface area contributed by atoms with Gasteiger partial charge in [0.2, 0.25) is 11.6 Å². The number of aryl methyl sites for hydroxylation is 2. The highest BCUT2D eigenvalue weighted by atomic mass is 16.5. The molecular formula is C18H19N3O5. The van der Waals surface area contributed by atoms with Crippen molar-refractivity contribution in [2.75, 3.05) is 19.5 Å². The van der Waals surface area contributed by atoms with Crippen LogP contribution in [-0.2, 0) is 11.3 Å². The molecule has 1 amide bonds. The molecular weight excluding hydrogens is 338 g/mol. The summed E-state index contributed by atoms with van der Waals surface area (Å²) in [6.07, 6.45) is 1.30. The second kappa shape index (κ2) is 6.91. The number of anilines is 1. The number of furan rings is 1. The van der Waals surface area contributed by atoms with Crippen LogP contribution in [0.4, 0.5) is 5.69 Å². The standard InChI is InChI=1S/C18H19N3O5/c1-10-11(2)26-17-16(10)18(23)21(9-19-17)8-15(22)20-12-5-13(24-3)7-14(6-12)25-4/h5-7,9H,8H2,1-4H3,(H,20,22). The number of nitrogens with zero attached hydrogens (tertiary/aromatic N) is 2. The quantitative estimate of drug-likeness (QED) is 0.752. The van der Waals surface area contributed by atoms with Crippen LogP contribution in [0, 0.1) is 13.8 Å². The summed E-state index contributed by atoms with van der Waals surface area (Å²) >= 11 is 0. The largest absolute Gasteiger partial charge is 0.497 e. The number of rotatable bonds is 5. The van der Waals surface area contributed by atoms with Gasteiger partial charge < -0.3 is 19.2 Å². The number of amides is 1. The lowest BCUT2D eigenvalue weighted by atomic mass is 10.2. The van der Waals surface area contributed by atoms with E-state index >= 15 is 0 Å². The van der Waals surface area contributed by atoms with Crippen LogP contribution in [0.3, 0.4) is 0 Å². The summed E-state index contributed by atoms with van der Waals surface area (Å²) in [7, 11) is 3.05. The van der Waals surface area contributed by atoms with Crippen LogP contribution in [0.5, 0.6) is 11.5 Å². The topological polar surface area (TPSA) is 95.6 Å². The van der Waals surface area contributed by atoms with Crippen LogP contribution in [0.25, 0.3) is 11.1 Å². The van der Waals surface area contributed by atoms with Crippen LogP contribution in [0.15, 0.2) is 33.7 Å². The molecule has 136 valence electrons. The SMILES string of the molecule is COc1cc(NC(=O)Cn2cnc3oc(C)c(C)c3c2=O)cc(OC)c1. The molecule has 0 spiro atoms. The monoisotopic (exact) mass is 357 g/mol. The molecule has 2 aromatic heterocycles. The molecule has 2 heterocycles. The molecule has 8 heteroatoms. The predicted molar refractivity (Wildman–Crippen MR) is 95.9 cm³/mol. The molecule has 26 heavy (non-hydrogen) atoms. The lowest BCUT2D eigenvalue weighted by molar-refractivity contribution is -0.116. The molecule has 0 radical (unpaired) electrons. The summed E-state index contributed by atoms with van der Waals surface area (Å²) in [5.41, 5.74) is 1.19. The van der Waals surface area contributed by atoms with Crippen molar-refractivity contribution in [3.05, 3.63) is 46.2 Å². The Kier molecular flexibility index (Phi) is 4.66. The van der Waals surface area contributed by atoms with Gasteiger partial charge in [0, 0.05) is 29.4 Å². The van der Waals surface area contributed by atoms with Gasteiger partial charge in [0.15, 0.2) is 0 Å². The summed E-state index contributed by atoms with van der Waals surface area (Å²) in [6.45, 7) is 3.38. The number of methoxy groups -OCH3 is 2. The van der Waals surface area contributed by atoms with Crippen molar-refractivity contribution in [3.63, 3.8) is 0 Å². The minimum absolute atomic E-state index is 0.176. The molecule has 1 N–H and O–H groups in total. The van der Waals surface area contributed by atoms with Gasteiger partial charge in [-0.15, -0.1) is 0 Å². The fourth-order valence-electron chi connectivity index (χ4n) is 2.62. The van der Waals surface area contributed by atoms with Crippen LogP contribution < -0.4 is 20.3 Å². The Bertz CT molecular complexity index is 1010. The summed E-state index contributed by atoms with van der Waals surface area (Å²) in [6, 6.07) is 5.02. The van der Waals surface area contributed by atoms with Crippen molar-refractivity contribution in [2.45, 2.75) is 20.4 Å². The van der Waals surface area contributed by atoms with Gasteiger partial charge in [-0.1, -0.05) is 0 Å². The predicted octanol–water partition coefficient (Wildman–Crippen LogP) is 2.26. The summed E-state index contributed by atoms with van der Waals surface area (Å²) in [5.74, 6) is 1.35. The Labute approximate surface area is 149 Å². The third-order valence-electron chi connectivity index (χ3n) is 4.10. The number of nitrogens with one attached hydrogen (secondary N) is 1. The molecule has 0 aliphatic heterocycles. The number of ether oxygens (including phenoxy) is 2. The van der Waals surface area contributed by atoms with E-state index in [-0.39, 0.29) is 23.7 Å². The number of fused-ring (bicyclic) bond motifs is 1. The van der Waals surface area contributed by atoms with E-state index in [1.807, 2.05) is 0 Å². The number of carbonyl (C=O) groups excluding carboxylic acids is 1. The number of hydrogen-bond acceptors (Lipinski definition) is 6. The van der Waals surface area contributed by atoms with E-state index in [9.17, 15) is 9.59 Å². The van der Waals surface area contributed by atoms with E-state index < -0.39 is 0 Å². The minimum atomic E-state index is -0.374. The fraction of sp³-hybridized carbons (Fsp3) is 0.278. The second-order valence-corrected chi connectivity index (χ2v) is 5.79. The molecule has 3 aromatic rings. The molecule has 0 saturated heterocycles. The van der Waals surface area contributed by atoms with E-state index in [2.05, 4.69) is 10.3 Å². The molecule has 0 fully saturated rings. The average molecular weight is 357 g/mol. The third kappa shape index (κ3) is 3.26. The number of aromatic nitrogens is 2. The van der Waals surface area contributed by atoms with Gasteiger partial charge in [-0.25, -0.2) is 4.98 Å². The Balaban J connectivity index is 1.85. The Morgan fingerprint density at radius 1 is 1.19 bits per heavy atom. The molecule has 0 atom stereocenters. The first-order valence-electron chi connectivity index (χ1n) is 7.91. The highest BCUT2D eigenvalue weighted by Crippen LogP contribution is 2.25. The van der Waals surface area contributed by atoms with E-state index in [0.717, 1.165) is 5.56 Å². The van der Waals surface area contributed by atoms with Crippen LogP contribution in [-0.4, -0.2) is 29.7 Å². The second-order valence-electron chi connectivity index (χ2n) is 5.79. The molecule has 0 saturated carbocycles. The van der Waals surface area contributed by atoms with Crippen LogP contribution >= 0.6 is 0 Å². The van der Waals surface area contributed by atoms with E-state index in [0.29, 0.717) is 28.3 Å². The molecule has 0 unspecified atom stereocenters. The molecule has 0 aliphatic carbocycles. The Morgan fingerprint density at radius 2 is 1.85 bits per heavy atom. The summed E-state index contributed by atoms with van der Waals surface area (Å²) in [5, 5.41) is 3.11. The van der Waals surface area contributed by atoms with E-state index in [1.54, 1.807) is 32.0 Å². The van der Waals surface area contributed by atoms with E-state index in [4.69, 9.17) is 13.9 Å². The minimum Gasteiger partial charge on any atom is -0.497 e. The first kappa shape index (κ1) is 17.5. The van der Waals surface area contributed by atoms with Gasteiger partial charge >= 0.3 is 0 Å². The zero-order valence-corrected chi connectivity index (χ0v) is 15.0. The van der Waals surface area contributed by atoms with Gasteiger partial charge in [-0.2, -0.15) is 0 Å². The Morgan fingerprint density at radius 3 is 2.46 bits per heavy atom. The first-order valence-corrected chi connectivity index (χ1v) is 7.91. The maximum atomic E-state index is 12.6. The zero-order chi connectivity index (χ0) is 18.8. The van der Waals surface area contributed by atoms with Crippen molar-refractivity contribution < 1.29 is 18.7 Å². The average Bonchev–Trinajstić information content (AvgIpc) is 2.91. The van der Waals surface area contributed by atoms with Crippen molar-refractivity contribution in [1.82, 2.24) is 9.55 Å². The van der Waals surface area contributed by atoms with Gasteiger partial charge in [0.1, 0.15) is 35.5 Å². The highest BCUT2D eigenvalue weighted by Gasteiger charge is 2.15. The van der Waals surface area contributed by atoms with Crippen molar-refractivity contribution >= 4 is 22.7 Å². The van der Waals surface area contributed by atoms with Gasteiger partial charge in [0.05, 0.1) is 14.2 Å². The molecule has 0 aliphatic rings. The number of hydrogen-bond donors (Lipinski definition) is 1. The normalized spacial score (nSPS) is 10.8. The number of carbonyl (C=O) groups is 1. The molecule has 3 rings (SSSR count). The van der Waals surface area contributed by atoms with Crippen molar-refractivity contribution in [1.29, 1.82) is 0 Å². The fourth-order valence-corrected chi connectivity index (χ4v) is 2.62. The number of benzene rings is 1. The zero-order valence-electron chi connectivity index (χ0n) is 15.0. The van der Waals surface area contributed by atoms with Crippen molar-refractivity contribution in [2.24, 2.45) is 0 Å². The third-order valence-corrected chi connectivity index (χ3v) is 4.10. The molecule has 1 aromatic carbocycles.